The van der Waals surface area contributed by atoms with Crippen molar-refractivity contribution in [3.63, 3.8) is 0 Å². The standard InChI is InChI=1S/C46H80N4O24S/c1-5-6-7-8-9-10-11-12-13-14-15-16-17-18-30(57)50-32-36(59)35(58)26(19-51)69-44(32)72-40-27(20-52)70-45(33(38(40)61)48-24(3)55)73-41-28(21-53)71-46(34(39(41)62)49-25(4)56)74-42-29(22-67-75(64,65)66)68-43(63)31(37(42)60)47-23(2)54/h10-11,26-29,31-46,51-53,58-63H,5-9,12-22H2,1-4H3,(H,47,54)(H,48,55)(H,49,56)(H,50,57)(H,64,65,66)/b11-10-/t26?,27?,28?,29?,31?,32?,33?,34?,35-,36?,37?,38?,39?,40-,41+,42-,43-,44+,45+,46+/m1/s1. The SMILES string of the molecule is CCCCCC/C=C\CCCCCCCC(=O)NC1C(O)[C@H](O)C(CO)O[C@H]1O[C@@H]1C(CO)O[C@@H](O[C@H]2C(CO)O[C@@H](O[C@@H]3C(COS(=O)(=O)O)O[C@@H](O)C(NC(C)=O)C3O)C(NC(C)=O)C2O)C(NC(C)=O)C1O. The van der Waals surface area contributed by atoms with Crippen LogP contribution in [0.5, 0.6) is 0 Å². The Morgan fingerprint density at radius 1 is 0.507 bits per heavy atom. The first-order valence-corrected chi connectivity index (χ1v) is 26.8. The molecule has 4 amide bonds. The van der Waals surface area contributed by atoms with E-state index >= 15 is 0 Å². The number of rotatable bonds is 29. The molecule has 0 aromatic carbocycles. The fraction of sp³-hybridized carbons (Fsp3) is 0.870. The number of aliphatic hydroxyl groups is 9. The molecule has 14 N–H and O–H groups in total. The summed E-state index contributed by atoms with van der Waals surface area (Å²) < 4.78 is 77.9. The average Bonchev–Trinajstić information content (AvgIpc) is 3.34. The zero-order valence-electron chi connectivity index (χ0n) is 42.6. The van der Waals surface area contributed by atoms with Crippen molar-refractivity contribution in [2.75, 3.05) is 26.4 Å². The van der Waals surface area contributed by atoms with Crippen LogP contribution in [-0.4, -0.2) is 232 Å². The molecule has 0 radical (unpaired) electrons. The highest BCUT2D eigenvalue weighted by Crippen LogP contribution is 2.35. The third-order valence-electron chi connectivity index (χ3n) is 13.1. The van der Waals surface area contributed by atoms with Crippen molar-refractivity contribution < 1.29 is 115 Å². The molecule has 0 aromatic heterocycles. The van der Waals surface area contributed by atoms with E-state index in [0.717, 1.165) is 59.3 Å². The zero-order valence-corrected chi connectivity index (χ0v) is 43.4. The molecule has 0 bridgehead atoms. The van der Waals surface area contributed by atoms with Crippen LogP contribution in [-0.2, 0) is 66.9 Å². The van der Waals surface area contributed by atoms with E-state index in [4.69, 9.17) is 33.2 Å². The molecule has 28 nitrogen and oxygen atoms in total. The van der Waals surface area contributed by atoms with Crippen LogP contribution in [0.4, 0.5) is 0 Å². The van der Waals surface area contributed by atoms with E-state index in [1.807, 2.05) is 0 Å². The number of allylic oxidation sites excluding steroid dienone is 2. The Morgan fingerprint density at radius 2 is 0.907 bits per heavy atom. The van der Waals surface area contributed by atoms with E-state index in [1.165, 1.54) is 25.7 Å². The predicted octanol–water partition coefficient (Wildman–Crippen LogP) is -4.11. The minimum atomic E-state index is -5.15. The molecule has 4 heterocycles. The second-order valence-corrected chi connectivity index (χ2v) is 20.2. The first-order valence-electron chi connectivity index (χ1n) is 25.4. The number of unbranched alkanes of at least 4 members (excludes halogenated alkanes) is 9. The lowest BCUT2D eigenvalue weighted by molar-refractivity contribution is -0.361. The average molecular weight is 1110 g/mol. The maximum absolute atomic E-state index is 13.3. The van der Waals surface area contributed by atoms with Gasteiger partial charge >= 0.3 is 10.4 Å². The highest BCUT2D eigenvalue weighted by molar-refractivity contribution is 7.80. The molecule has 4 saturated heterocycles. The molecule has 0 aliphatic carbocycles. The van der Waals surface area contributed by atoms with Crippen LogP contribution in [0.3, 0.4) is 0 Å². The maximum Gasteiger partial charge on any atom is 0.397 e. The minimum absolute atomic E-state index is 0.0269. The monoisotopic (exact) mass is 1100 g/mol. The number of amides is 4. The summed E-state index contributed by atoms with van der Waals surface area (Å²) in [4.78, 5) is 50.5. The van der Waals surface area contributed by atoms with Crippen LogP contribution in [0.25, 0.3) is 0 Å². The Hall–Kier alpha value is -3.15. The number of hydrogen-bond acceptors (Lipinski definition) is 23. The third-order valence-corrected chi connectivity index (χ3v) is 13.6. The molecule has 4 aliphatic heterocycles. The van der Waals surface area contributed by atoms with Gasteiger partial charge in [0.05, 0.1) is 26.4 Å². The van der Waals surface area contributed by atoms with E-state index in [1.54, 1.807) is 0 Å². The van der Waals surface area contributed by atoms with Gasteiger partial charge in [0, 0.05) is 27.2 Å². The zero-order chi connectivity index (χ0) is 55.6. The van der Waals surface area contributed by atoms with Crippen molar-refractivity contribution in [1.29, 1.82) is 0 Å². The molecule has 434 valence electrons. The summed E-state index contributed by atoms with van der Waals surface area (Å²) in [6.45, 7) is 1.40. The molecule has 4 fully saturated rings. The predicted molar refractivity (Wildman–Crippen MR) is 255 cm³/mol. The molecule has 12 unspecified atom stereocenters. The van der Waals surface area contributed by atoms with E-state index in [9.17, 15) is 78.1 Å². The lowest BCUT2D eigenvalue weighted by Crippen LogP contribution is -2.71. The van der Waals surface area contributed by atoms with Gasteiger partial charge in [-0.2, -0.15) is 8.42 Å². The number of nitrogens with one attached hydrogen (secondary N) is 4. The van der Waals surface area contributed by atoms with Crippen LogP contribution in [0.2, 0.25) is 0 Å². The van der Waals surface area contributed by atoms with Crippen LogP contribution in [0.1, 0.15) is 105 Å². The third kappa shape index (κ3) is 19.3. The number of hydrogen-bond donors (Lipinski definition) is 14. The summed E-state index contributed by atoms with van der Waals surface area (Å²) in [6, 6.07) is -6.58. The van der Waals surface area contributed by atoms with Gasteiger partial charge in [0.2, 0.25) is 23.6 Å². The second kappa shape index (κ2) is 31.4. The van der Waals surface area contributed by atoms with Gasteiger partial charge in [-0.3, -0.25) is 23.7 Å². The first-order chi connectivity index (χ1) is 35.5. The maximum atomic E-state index is 13.3. The van der Waals surface area contributed by atoms with Crippen molar-refractivity contribution in [2.45, 2.75) is 227 Å². The van der Waals surface area contributed by atoms with Crippen LogP contribution >= 0.6 is 0 Å². The molecule has 0 spiro atoms. The number of carbonyl (C=O) groups excluding carboxylic acids is 4. The molecule has 0 saturated carbocycles. The van der Waals surface area contributed by atoms with E-state index in [0.29, 0.717) is 6.42 Å². The van der Waals surface area contributed by atoms with E-state index in [-0.39, 0.29) is 6.42 Å². The van der Waals surface area contributed by atoms with E-state index < -0.39 is 183 Å². The van der Waals surface area contributed by atoms with Gasteiger partial charge < -0.3 is 100 Å². The van der Waals surface area contributed by atoms with Gasteiger partial charge in [-0.15, -0.1) is 0 Å². The summed E-state index contributed by atoms with van der Waals surface area (Å²) in [7, 11) is -5.15. The highest BCUT2D eigenvalue weighted by Gasteiger charge is 2.56. The fourth-order valence-corrected chi connectivity index (χ4v) is 9.64. The summed E-state index contributed by atoms with van der Waals surface area (Å²) in [5.74, 6) is -2.91. The number of ether oxygens (including phenoxy) is 7. The van der Waals surface area contributed by atoms with Crippen molar-refractivity contribution >= 4 is 34.0 Å². The van der Waals surface area contributed by atoms with Gasteiger partial charge in [-0.05, 0) is 32.1 Å². The lowest BCUT2D eigenvalue weighted by atomic mass is 9.93. The molecule has 4 aliphatic rings. The Labute approximate surface area is 435 Å². The van der Waals surface area contributed by atoms with Gasteiger partial charge in [0.15, 0.2) is 25.2 Å². The quantitative estimate of drug-likeness (QED) is 0.0192. The summed E-state index contributed by atoms with van der Waals surface area (Å²) >= 11 is 0. The van der Waals surface area contributed by atoms with Crippen LogP contribution < -0.4 is 21.3 Å². The van der Waals surface area contributed by atoms with Crippen molar-refractivity contribution in [1.82, 2.24) is 21.3 Å². The molecule has 4 rings (SSSR count). The molecule has 20 atom stereocenters. The molecule has 29 heteroatoms. The number of carbonyl (C=O) groups is 4. The lowest BCUT2D eigenvalue weighted by Gasteiger charge is -2.51. The summed E-state index contributed by atoms with van der Waals surface area (Å²) in [6.07, 6.45) is -13.5. The van der Waals surface area contributed by atoms with Gasteiger partial charge in [-0.1, -0.05) is 57.6 Å². The normalized spacial score (nSPS) is 36.5. The van der Waals surface area contributed by atoms with Gasteiger partial charge in [0.1, 0.15) is 97.4 Å². The molecular weight excluding hydrogens is 1020 g/mol. The van der Waals surface area contributed by atoms with Crippen LogP contribution in [0, 0.1) is 0 Å². The Balaban J connectivity index is 1.50. The topological polar surface area (TPSA) is 427 Å². The highest BCUT2D eigenvalue weighted by atomic mass is 32.3. The van der Waals surface area contributed by atoms with Crippen molar-refractivity contribution in [2.24, 2.45) is 0 Å². The van der Waals surface area contributed by atoms with Gasteiger partial charge in [-0.25, -0.2) is 4.18 Å². The van der Waals surface area contributed by atoms with Crippen LogP contribution in [0.15, 0.2) is 12.2 Å². The summed E-state index contributed by atoms with van der Waals surface area (Å²) in [5, 5.41) is 109. The smallest absolute Gasteiger partial charge is 0.394 e. The second-order valence-electron chi connectivity index (χ2n) is 19.1. The largest absolute Gasteiger partial charge is 0.397 e. The Morgan fingerprint density at radius 3 is 1.36 bits per heavy atom. The first kappa shape index (κ1) is 64.4. The fourth-order valence-electron chi connectivity index (χ4n) is 9.34. The Bertz CT molecular complexity index is 1910. The molecule has 0 aromatic rings. The Kier molecular flexibility index (Phi) is 27.0. The van der Waals surface area contributed by atoms with E-state index in [2.05, 4.69) is 44.5 Å². The van der Waals surface area contributed by atoms with Crippen molar-refractivity contribution in [3.05, 3.63) is 12.2 Å². The molecular formula is C46H80N4O24S. The summed E-state index contributed by atoms with van der Waals surface area (Å²) in [5.41, 5.74) is 0. The number of aliphatic hydroxyl groups excluding tert-OH is 9. The van der Waals surface area contributed by atoms with Crippen molar-refractivity contribution in [3.8, 4) is 0 Å². The molecule has 75 heavy (non-hydrogen) atoms. The van der Waals surface area contributed by atoms with Gasteiger partial charge in [0.25, 0.3) is 0 Å². The minimum Gasteiger partial charge on any atom is -0.394 e.